The molecule has 0 saturated carbocycles. The summed E-state index contributed by atoms with van der Waals surface area (Å²) in [6.07, 6.45) is 6.01. The van der Waals surface area contributed by atoms with Crippen LogP contribution < -0.4 is 0 Å². The van der Waals surface area contributed by atoms with Crippen molar-refractivity contribution >= 4 is 0 Å². The minimum atomic E-state index is 0.583. The first kappa shape index (κ1) is 18.3. The van der Waals surface area contributed by atoms with Crippen molar-refractivity contribution in [2.75, 3.05) is 0 Å². The van der Waals surface area contributed by atoms with Gasteiger partial charge in [0.15, 0.2) is 0 Å². The molecule has 0 aliphatic heterocycles. The SMILES string of the molecule is CC(C)Cc1cn(Cc2ccccc2Cn2cc(CC(C)C)nn2)nn1. The Labute approximate surface area is 155 Å². The van der Waals surface area contributed by atoms with Gasteiger partial charge in [-0.2, -0.15) is 0 Å². The van der Waals surface area contributed by atoms with E-state index in [1.165, 1.54) is 11.1 Å². The molecule has 1 aromatic carbocycles. The predicted octanol–water partition coefficient (Wildman–Crippen LogP) is 3.36. The van der Waals surface area contributed by atoms with Crippen LogP contribution in [0.2, 0.25) is 0 Å². The molecule has 0 saturated heterocycles. The van der Waals surface area contributed by atoms with Gasteiger partial charge in [0.25, 0.3) is 0 Å². The summed E-state index contributed by atoms with van der Waals surface area (Å²) < 4.78 is 3.84. The van der Waals surface area contributed by atoms with E-state index in [0.29, 0.717) is 11.8 Å². The van der Waals surface area contributed by atoms with Crippen molar-refractivity contribution in [2.45, 2.75) is 53.6 Å². The van der Waals surface area contributed by atoms with E-state index in [4.69, 9.17) is 0 Å². The topological polar surface area (TPSA) is 61.4 Å². The quantitative estimate of drug-likeness (QED) is 0.624. The second kappa shape index (κ2) is 8.25. The van der Waals surface area contributed by atoms with Gasteiger partial charge in [0.1, 0.15) is 0 Å². The fourth-order valence-corrected chi connectivity index (χ4v) is 3.07. The average Bonchev–Trinajstić information content (AvgIpc) is 3.18. The summed E-state index contributed by atoms with van der Waals surface area (Å²) >= 11 is 0. The van der Waals surface area contributed by atoms with E-state index in [0.717, 1.165) is 37.3 Å². The van der Waals surface area contributed by atoms with Crippen LogP contribution in [0.15, 0.2) is 36.7 Å². The summed E-state index contributed by atoms with van der Waals surface area (Å²) in [6, 6.07) is 8.42. The normalized spacial score (nSPS) is 11.6. The molecule has 0 atom stereocenters. The summed E-state index contributed by atoms with van der Waals surface area (Å²) in [7, 11) is 0. The van der Waals surface area contributed by atoms with Crippen molar-refractivity contribution in [1.29, 1.82) is 0 Å². The van der Waals surface area contributed by atoms with Gasteiger partial charge in [-0.15, -0.1) is 10.2 Å². The highest BCUT2D eigenvalue weighted by atomic mass is 15.4. The smallest absolute Gasteiger partial charge is 0.0829 e. The lowest BCUT2D eigenvalue weighted by atomic mass is 10.1. The van der Waals surface area contributed by atoms with Crippen molar-refractivity contribution < 1.29 is 0 Å². The Morgan fingerprint density at radius 3 is 1.54 bits per heavy atom. The lowest BCUT2D eigenvalue weighted by molar-refractivity contribution is 0.617. The van der Waals surface area contributed by atoms with E-state index in [1.807, 2.05) is 21.8 Å². The van der Waals surface area contributed by atoms with Gasteiger partial charge in [-0.05, 0) is 35.8 Å². The second-order valence-electron chi connectivity index (χ2n) is 7.78. The van der Waals surface area contributed by atoms with Gasteiger partial charge in [-0.3, -0.25) is 0 Å². The molecule has 0 aliphatic rings. The van der Waals surface area contributed by atoms with E-state index in [1.54, 1.807) is 0 Å². The Balaban J connectivity index is 1.72. The molecule has 0 bridgehead atoms. The first-order valence-electron chi connectivity index (χ1n) is 9.34. The van der Waals surface area contributed by atoms with Crippen LogP contribution in [0.5, 0.6) is 0 Å². The zero-order valence-corrected chi connectivity index (χ0v) is 16.1. The molecule has 3 rings (SSSR count). The Morgan fingerprint density at radius 2 is 1.15 bits per heavy atom. The Morgan fingerprint density at radius 1 is 0.731 bits per heavy atom. The van der Waals surface area contributed by atoms with Crippen LogP contribution in [0.1, 0.15) is 50.2 Å². The lowest BCUT2D eigenvalue weighted by Crippen LogP contribution is -2.08. The molecule has 2 aromatic heterocycles. The summed E-state index contributed by atoms with van der Waals surface area (Å²) in [6.45, 7) is 10.2. The minimum absolute atomic E-state index is 0.583. The fourth-order valence-electron chi connectivity index (χ4n) is 3.07. The predicted molar refractivity (Wildman–Crippen MR) is 102 cm³/mol. The zero-order chi connectivity index (χ0) is 18.5. The van der Waals surface area contributed by atoms with Gasteiger partial charge in [-0.25, -0.2) is 9.36 Å². The third-order valence-corrected chi connectivity index (χ3v) is 4.19. The van der Waals surface area contributed by atoms with E-state index in [9.17, 15) is 0 Å². The van der Waals surface area contributed by atoms with Crippen molar-refractivity contribution in [3.8, 4) is 0 Å². The van der Waals surface area contributed by atoms with E-state index in [2.05, 4.69) is 72.6 Å². The fraction of sp³-hybridized carbons (Fsp3) is 0.500. The molecule has 0 fully saturated rings. The standard InChI is InChI=1S/C20H28N6/c1-15(2)9-19-13-25(23-21-19)11-17-7-5-6-8-18(17)12-26-14-20(22-24-26)10-16(3)4/h5-8,13-16H,9-12H2,1-4H3. The van der Waals surface area contributed by atoms with Gasteiger partial charge in [0.05, 0.1) is 24.5 Å². The minimum Gasteiger partial charge on any atom is -0.248 e. The van der Waals surface area contributed by atoms with Crippen LogP contribution in [0.4, 0.5) is 0 Å². The molecule has 3 aromatic rings. The summed E-state index contributed by atoms with van der Waals surface area (Å²) in [5.41, 5.74) is 4.56. The van der Waals surface area contributed by atoms with Crippen LogP contribution in [-0.4, -0.2) is 30.0 Å². The number of hydrogen-bond donors (Lipinski definition) is 0. The van der Waals surface area contributed by atoms with E-state index in [-0.39, 0.29) is 0 Å². The van der Waals surface area contributed by atoms with Crippen LogP contribution in [0.25, 0.3) is 0 Å². The maximum absolute atomic E-state index is 4.28. The zero-order valence-electron chi connectivity index (χ0n) is 16.1. The average molecular weight is 352 g/mol. The monoisotopic (exact) mass is 352 g/mol. The van der Waals surface area contributed by atoms with Crippen molar-refractivity contribution in [1.82, 2.24) is 30.0 Å². The van der Waals surface area contributed by atoms with Crippen molar-refractivity contribution in [3.63, 3.8) is 0 Å². The molecule has 0 aliphatic carbocycles. The third kappa shape index (κ3) is 5.00. The molecule has 6 heteroatoms. The lowest BCUT2D eigenvalue weighted by Gasteiger charge is -2.09. The van der Waals surface area contributed by atoms with Gasteiger partial charge >= 0.3 is 0 Å². The molecule has 2 heterocycles. The molecule has 26 heavy (non-hydrogen) atoms. The molecule has 0 unspecified atom stereocenters. The number of rotatable bonds is 8. The number of hydrogen-bond acceptors (Lipinski definition) is 4. The maximum atomic E-state index is 4.28. The summed E-state index contributed by atoms with van der Waals surface area (Å²) in [5, 5.41) is 17.1. The van der Waals surface area contributed by atoms with Crippen LogP contribution in [0, 0.1) is 11.8 Å². The summed E-state index contributed by atoms with van der Waals surface area (Å²) in [5.74, 6) is 1.17. The molecule has 6 nitrogen and oxygen atoms in total. The Kier molecular flexibility index (Phi) is 5.81. The van der Waals surface area contributed by atoms with Gasteiger partial charge in [-0.1, -0.05) is 62.4 Å². The molecule has 0 amide bonds. The molecular weight excluding hydrogens is 324 g/mol. The van der Waals surface area contributed by atoms with Gasteiger partial charge < -0.3 is 0 Å². The number of benzene rings is 1. The largest absolute Gasteiger partial charge is 0.248 e. The Bertz CT molecular complexity index is 761. The number of aromatic nitrogens is 6. The molecule has 138 valence electrons. The van der Waals surface area contributed by atoms with Crippen molar-refractivity contribution in [3.05, 3.63) is 59.2 Å². The van der Waals surface area contributed by atoms with E-state index >= 15 is 0 Å². The van der Waals surface area contributed by atoms with Crippen LogP contribution >= 0.6 is 0 Å². The van der Waals surface area contributed by atoms with Gasteiger partial charge in [0, 0.05) is 12.4 Å². The molecule has 0 N–H and O–H groups in total. The second-order valence-corrected chi connectivity index (χ2v) is 7.78. The highest BCUT2D eigenvalue weighted by Gasteiger charge is 2.09. The maximum Gasteiger partial charge on any atom is 0.0829 e. The van der Waals surface area contributed by atoms with Crippen LogP contribution in [0.3, 0.4) is 0 Å². The first-order chi connectivity index (χ1) is 12.5. The molecule has 0 spiro atoms. The molecule has 0 radical (unpaired) electrons. The summed E-state index contributed by atoms with van der Waals surface area (Å²) in [4.78, 5) is 0. The Hall–Kier alpha value is -2.50. The molecular formula is C20H28N6. The van der Waals surface area contributed by atoms with E-state index < -0.39 is 0 Å². The van der Waals surface area contributed by atoms with Crippen LogP contribution in [-0.2, 0) is 25.9 Å². The highest BCUT2D eigenvalue weighted by Crippen LogP contribution is 2.13. The highest BCUT2D eigenvalue weighted by molar-refractivity contribution is 5.27. The van der Waals surface area contributed by atoms with Crippen molar-refractivity contribution in [2.24, 2.45) is 11.8 Å². The van der Waals surface area contributed by atoms with Gasteiger partial charge in [0.2, 0.25) is 0 Å². The number of nitrogens with zero attached hydrogens (tertiary/aromatic N) is 6. The third-order valence-electron chi connectivity index (χ3n) is 4.19. The first-order valence-corrected chi connectivity index (χ1v) is 9.34.